The molecule has 0 bridgehead atoms. The van der Waals surface area contributed by atoms with Crippen molar-refractivity contribution in [3.05, 3.63) is 60.1 Å². The van der Waals surface area contributed by atoms with E-state index >= 15 is 0 Å². The Bertz CT molecular complexity index is 971. The van der Waals surface area contributed by atoms with Gasteiger partial charge in [0.1, 0.15) is 23.2 Å². The van der Waals surface area contributed by atoms with Gasteiger partial charge in [0.05, 0.1) is 29.8 Å². The third kappa shape index (κ3) is 3.26. The number of nitrogens with zero attached hydrogens (tertiary/aromatic N) is 2. The third-order valence-electron chi connectivity index (χ3n) is 4.64. The molecule has 27 heavy (non-hydrogen) atoms. The third-order valence-corrected chi connectivity index (χ3v) is 4.64. The number of aliphatic hydroxyl groups is 1. The van der Waals surface area contributed by atoms with Gasteiger partial charge in [-0.1, -0.05) is 25.5 Å². The second-order valence-corrected chi connectivity index (χ2v) is 6.55. The Morgan fingerprint density at radius 2 is 1.96 bits per heavy atom. The molecule has 0 aliphatic carbocycles. The Kier molecular flexibility index (Phi) is 4.54. The number of nitrogens with one attached hydrogen (secondary N) is 2. The van der Waals surface area contributed by atoms with Gasteiger partial charge in [0.25, 0.3) is 0 Å². The van der Waals surface area contributed by atoms with Crippen molar-refractivity contribution in [2.75, 3.05) is 18.1 Å². The minimum Gasteiger partial charge on any atom is -0.509 e. The summed E-state index contributed by atoms with van der Waals surface area (Å²) in [5.74, 6) is 1.70. The number of benzene rings is 2. The first-order valence-electron chi connectivity index (χ1n) is 9.14. The first-order valence-corrected chi connectivity index (χ1v) is 9.14. The predicted octanol–water partition coefficient (Wildman–Crippen LogP) is 4.51. The minimum absolute atomic E-state index is 0.141. The maximum absolute atomic E-state index is 10.5. The van der Waals surface area contributed by atoms with E-state index < -0.39 is 0 Å². The van der Waals surface area contributed by atoms with Gasteiger partial charge in [0.15, 0.2) is 0 Å². The highest BCUT2D eigenvalue weighted by molar-refractivity contribution is 6.30. The monoisotopic (exact) mass is 362 g/mol. The molecule has 0 spiro atoms. The highest BCUT2D eigenvalue weighted by Crippen LogP contribution is 2.31. The molecule has 0 atom stereocenters. The lowest BCUT2D eigenvalue weighted by molar-refractivity contribution is 0.309. The fourth-order valence-corrected chi connectivity index (χ4v) is 3.18. The number of fused-ring (bicyclic) bond motifs is 1. The molecule has 3 N–H and O–H groups in total. The van der Waals surface area contributed by atoms with Crippen LogP contribution in [0.3, 0.4) is 0 Å². The average Bonchev–Trinajstić information content (AvgIpc) is 3.22. The molecule has 0 fully saturated rings. The van der Waals surface area contributed by atoms with Crippen LogP contribution in [-0.2, 0) is 0 Å². The molecule has 6 heteroatoms. The van der Waals surface area contributed by atoms with Crippen LogP contribution in [0, 0.1) is 5.41 Å². The van der Waals surface area contributed by atoms with E-state index in [4.69, 9.17) is 10.1 Å². The van der Waals surface area contributed by atoms with Crippen molar-refractivity contribution >= 4 is 28.1 Å². The van der Waals surface area contributed by atoms with Crippen LogP contribution < -0.4 is 9.64 Å². The van der Waals surface area contributed by atoms with Crippen LogP contribution >= 0.6 is 0 Å². The molecule has 4 rings (SSSR count). The summed E-state index contributed by atoms with van der Waals surface area (Å²) in [6.45, 7) is 3.08. The van der Waals surface area contributed by atoms with Crippen LogP contribution in [0.25, 0.3) is 16.6 Å². The molecule has 1 aliphatic rings. The number of anilines is 1. The molecular weight excluding hydrogens is 340 g/mol. The second-order valence-electron chi connectivity index (χ2n) is 6.55. The number of amidine groups is 1. The number of hydrogen-bond donors (Lipinski definition) is 3. The van der Waals surface area contributed by atoms with Crippen LogP contribution in [0.5, 0.6) is 5.75 Å². The van der Waals surface area contributed by atoms with E-state index in [-0.39, 0.29) is 18.1 Å². The van der Waals surface area contributed by atoms with Crippen LogP contribution in [0.1, 0.15) is 25.6 Å². The highest BCUT2D eigenvalue weighted by atomic mass is 16.5. The van der Waals surface area contributed by atoms with Gasteiger partial charge >= 0.3 is 0 Å². The maximum atomic E-state index is 10.5. The molecule has 138 valence electrons. The Morgan fingerprint density at radius 3 is 2.70 bits per heavy atom. The van der Waals surface area contributed by atoms with E-state index in [0.717, 1.165) is 35.3 Å². The molecule has 3 aromatic rings. The molecule has 0 saturated heterocycles. The van der Waals surface area contributed by atoms with Gasteiger partial charge in [-0.25, -0.2) is 4.98 Å². The van der Waals surface area contributed by atoms with Crippen molar-refractivity contribution < 1.29 is 9.84 Å². The molecular formula is C21H22N4O2. The molecule has 1 aliphatic heterocycles. The first kappa shape index (κ1) is 17.1. The van der Waals surface area contributed by atoms with Crippen LogP contribution in [0.4, 0.5) is 5.69 Å². The summed E-state index contributed by atoms with van der Waals surface area (Å²) in [7, 11) is 0. The number of imidazole rings is 1. The number of unbranched alkanes of at least 4 members (excludes halogenated alkanes) is 1. The van der Waals surface area contributed by atoms with Gasteiger partial charge < -0.3 is 19.7 Å². The Labute approximate surface area is 157 Å². The lowest BCUT2D eigenvalue weighted by Gasteiger charge is -2.19. The van der Waals surface area contributed by atoms with Gasteiger partial charge in [-0.3, -0.25) is 5.41 Å². The number of para-hydroxylation sites is 2. The molecule has 2 aromatic carbocycles. The normalized spacial score (nSPS) is 14.4. The number of aliphatic hydroxyl groups excluding tert-OH is 1. The average molecular weight is 362 g/mol. The standard InChI is InChI=1S/C21H22N4O2/c1-2-3-12-27-15-10-8-14(9-11-15)25-13-18(26)19(20(25)22)21-23-16-6-4-5-7-17(16)24-21/h4-11,22,26H,2-3,12-13H2,1H3,(H,23,24). The fourth-order valence-electron chi connectivity index (χ4n) is 3.18. The number of ether oxygens (including phenoxy) is 1. The largest absolute Gasteiger partial charge is 0.509 e. The zero-order chi connectivity index (χ0) is 18.8. The van der Waals surface area contributed by atoms with Gasteiger partial charge in [-0.15, -0.1) is 0 Å². The summed E-state index contributed by atoms with van der Waals surface area (Å²) >= 11 is 0. The summed E-state index contributed by atoms with van der Waals surface area (Å²) in [6, 6.07) is 15.3. The molecule has 0 radical (unpaired) electrons. The molecule has 2 heterocycles. The zero-order valence-electron chi connectivity index (χ0n) is 15.2. The fraction of sp³-hybridized carbons (Fsp3) is 0.238. The minimum atomic E-state index is 0.141. The Hall–Kier alpha value is -3.28. The van der Waals surface area contributed by atoms with E-state index in [1.807, 2.05) is 48.5 Å². The Balaban J connectivity index is 1.54. The van der Waals surface area contributed by atoms with Crippen molar-refractivity contribution in [1.29, 1.82) is 5.41 Å². The summed E-state index contributed by atoms with van der Waals surface area (Å²) in [5.41, 5.74) is 2.97. The van der Waals surface area contributed by atoms with Crippen LogP contribution in [0.2, 0.25) is 0 Å². The summed E-state index contributed by atoms with van der Waals surface area (Å²) in [5, 5.41) is 19.0. The Morgan fingerprint density at radius 1 is 1.19 bits per heavy atom. The number of aromatic nitrogens is 2. The number of aromatic amines is 1. The number of hydrogen-bond acceptors (Lipinski definition) is 4. The van der Waals surface area contributed by atoms with Gasteiger partial charge in [-0.2, -0.15) is 0 Å². The molecule has 0 saturated carbocycles. The summed E-state index contributed by atoms with van der Waals surface area (Å²) < 4.78 is 5.69. The highest BCUT2D eigenvalue weighted by Gasteiger charge is 2.31. The van der Waals surface area contributed by atoms with Crippen molar-refractivity contribution in [2.45, 2.75) is 19.8 Å². The van der Waals surface area contributed by atoms with Crippen molar-refractivity contribution in [1.82, 2.24) is 9.97 Å². The van der Waals surface area contributed by atoms with Crippen molar-refractivity contribution in [3.8, 4) is 5.75 Å². The van der Waals surface area contributed by atoms with Gasteiger partial charge in [0, 0.05) is 5.69 Å². The molecule has 6 nitrogen and oxygen atoms in total. The first-order chi connectivity index (χ1) is 13.2. The van der Waals surface area contributed by atoms with Crippen molar-refractivity contribution in [3.63, 3.8) is 0 Å². The molecule has 0 unspecified atom stereocenters. The van der Waals surface area contributed by atoms with E-state index in [1.165, 1.54) is 0 Å². The quantitative estimate of drug-likeness (QED) is 0.563. The van der Waals surface area contributed by atoms with Crippen molar-refractivity contribution in [2.24, 2.45) is 0 Å². The SMILES string of the molecule is CCCCOc1ccc(N2CC(O)=C(c3nc4ccccc4[nH]3)C2=N)cc1. The topological polar surface area (TPSA) is 85.2 Å². The molecule has 0 amide bonds. The number of H-pyrrole nitrogens is 1. The maximum Gasteiger partial charge on any atom is 0.145 e. The summed E-state index contributed by atoms with van der Waals surface area (Å²) in [6.07, 6.45) is 2.12. The lowest BCUT2D eigenvalue weighted by Crippen LogP contribution is -2.26. The van der Waals surface area contributed by atoms with E-state index in [1.54, 1.807) is 4.90 Å². The predicted molar refractivity (Wildman–Crippen MR) is 108 cm³/mol. The van der Waals surface area contributed by atoms with E-state index in [0.29, 0.717) is 18.0 Å². The smallest absolute Gasteiger partial charge is 0.145 e. The van der Waals surface area contributed by atoms with E-state index in [2.05, 4.69) is 16.9 Å². The van der Waals surface area contributed by atoms with Gasteiger partial charge in [0.2, 0.25) is 0 Å². The second kappa shape index (κ2) is 7.15. The number of rotatable bonds is 6. The van der Waals surface area contributed by atoms with E-state index in [9.17, 15) is 5.11 Å². The lowest BCUT2D eigenvalue weighted by atomic mass is 10.2. The van der Waals surface area contributed by atoms with Crippen LogP contribution in [-0.4, -0.2) is 34.1 Å². The summed E-state index contributed by atoms with van der Waals surface area (Å²) in [4.78, 5) is 9.47. The molecule has 1 aromatic heterocycles. The van der Waals surface area contributed by atoms with Crippen LogP contribution in [0.15, 0.2) is 54.3 Å². The zero-order valence-corrected chi connectivity index (χ0v) is 15.2. The van der Waals surface area contributed by atoms with Gasteiger partial charge in [-0.05, 0) is 42.8 Å².